The van der Waals surface area contributed by atoms with E-state index in [9.17, 15) is 31.1 Å². The number of benzene rings is 1. The first kappa shape index (κ1) is 25.8. The number of alkyl halides is 5. The van der Waals surface area contributed by atoms with Crippen molar-refractivity contribution in [2.75, 3.05) is 12.4 Å². The Morgan fingerprint density at radius 3 is 2.47 bits per heavy atom. The molecule has 1 aliphatic heterocycles. The summed E-state index contributed by atoms with van der Waals surface area (Å²) in [6, 6.07) is 4.55. The summed E-state index contributed by atoms with van der Waals surface area (Å²) in [7, 11) is 0.990. The summed E-state index contributed by atoms with van der Waals surface area (Å²) in [5.74, 6) is -5.91. The molecule has 0 bridgehead atoms. The van der Waals surface area contributed by atoms with Crippen molar-refractivity contribution in [3.8, 4) is 5.75 Å². The zero-order chi connectivity index (χ0) is 25.4. The van der Waals surface area contributed by atoms with Gasteiger partial charge in [-0.25, -0.2) is 13.2 Å². The van der Waals surface area contributed by atoms with Gasteiger partial charge in [0.15, 0.2) is 17.2 Å². The molecular weight excluding hydrogens is 470 g/mol. The number of nitrogens with zero attached hydrogens (tertiary/aromatic N) is 1. The van der Waals surface area contributed by atoms with Crippen molar-refractivity contribution in [2.45, 2.75) is 50.7 Å². The molecular formula is C22H22F6N2O4. The molecule has 12 heteroatoms. The molecule has 0 radical (unpaired) electrons. The van der Waals surface area contributed by atoms with Crippen molar-refractivity contribution in [2.24, 2.45) is 5.92 Å². The van der Waals surface area contributed by atoms with Crippen molar-refractivity contribution in [1.82, 2.24) is 4.98 Å². The number of carbonyl (C=O) groups excluding carboxylic acids is 1. The number of nitrogens with one attached hydrogen (secondary N) is 1. The number of anilines is 1. The lowest BCUT2D eigenvalue weighted by Gasteiger charge is -2.32. The van der Waals surface area contributed by atoms with E-state index in [1.54, 1.807) is 0 Å². The molecule has 1 aliphatic rings. The molecule has 1 fully saturated rings. The minimum Gasteiger partial charge on any atom is -0.493 e. The number of ether oxygens (including phenoxy) is 2. The van der Waals surface area contributed by atoms with Crippen LogP contribution in [0.2, 0.25) is 0 Å². The predicted molar refractivity (Wildman–Crippen MR) is 108 cm³/mol. The average Bonchev–Trinajstić information content (AvgIpc) is 3.05. The maximum atomic E-state index is 14.7. The van der Waals surface area contributed by atoms with Gasteiger partial charge in [-0.1, -0.05) is 13.0 Å². The van der Waals surface area contributed by atoms with Crippen molar-refractivity contribution >= 4 is 11.6 Å². The second kappa shape index (κ2) is 9.41. The highest BCUT2D eigenvalue weighted by molar-refractivity contribution is 5.95. The first-order chi connectivity index (χ1) is 15.9. The largest absolute Gasteiger partial charge is 0.493 e. The van der Waals surface area contributed by atoms with Gasteiger partial charge in [-0.05, 0) is 25.1 Å². The maximum absolute atomic E-state index is 14.7. The number of aliphatic hydroxyl groups is 1. The molecule has 1 aromatic carbocycles. The molecule has 1 amide bonds. The molecule has 3 rings (SSSR count). The summed E-state index contributed by atoms with van der Waals surface area (Å²) in [5.41, 5.74) is -3.59. The minimum atomic E-state index is -4.90. The van der Waals surface area contributed by atoms with Crippen molar-refractivity contribution < 1.29 is 45.7 Å². The summed E-state index contributed by atoms with van der Waals surface area (Å²) in [5, 5.41) is 11.5. The first-order valence-corrected chi connectivity index (χ1v) is 10.1. The number of pyridine rings is 1. The Labute approximate surface area is 190 Å². The highest BCUT2D eigenvalue weighted by Crippen LogP contribution is 2.55. The van der Waals surface area contributed by atoms with Crippen LogP contribution in [0, 0.1) is 11.7 Å². The quantitative estimate of drug-likeness (QED) is 0.570. The Bertz CT molecular complexity index is 1050. The summed E-state index contributed by atoms with van der Waals surface area (Å²) < 4.78 is 93.2. The van der Waals surface area contributed by atoms with Crippen LogP contribution in [-0.4, -0.2) is 41.0 Å². The Kier molecular flexibility index (Phi) is 7.13. The van der Waals surface area contributed by atoms with Gasteiger partial charge in [0.25, 0.3) is 12.3 Å². The normalized spacial score (nSPS) is 25.0. The van der Waals surface area contributed by atoms with E-state index in [-0.39, 0.29) is 17.9 Å². The molecule has 2 heterocycles. The topological polar surface area (TPSA) is 80.7 Å². The average molecular weight is 492 g/mol. The van der Waals surface area contributed by atoms with E-state index >= 15 is 0 Å². The van der Waals surface area contributed by atoms with E-state index in [2.05, 4.69) is 10.3 Å². The third-order valence-electron chi connectivity index (χ3n) is 6.14. The maximum Gasteiger partial charge on any atom is 0.417 e. The van der Waals surface area contributed by atoms with Gasteiger partial charge in [-0.3, -0.25) is 9.78 Å². The molecule has 6 nitrogen and oxygen atoms in total. The number of methoxy groups -OCH3 is 1. The monoisotopic (exact) mass is 492 g/mol. The second-order valence-corrected chi connectivity index (χ2v) is 8.04. The molecule has 0 spiro atoms. The van der Waals surface area contributed by atoms with Crippen molar-refractivity contribution in [3.05, 3.63) is 53.1 Å². The van der Waals surface area contributed by atoms with Gasteiger partial charge in [0.05, 0.1) is 36.9 Å². The van der Waals surface area contributed by atoms with Crippen LogP contribution >= 0.6 is 0 Å². The lowest BCUT2D eigenvalue weighted by atomic mass is 9.76. The number of rotatable bonds is 6. The fourth-order valence-corrected chi connectivity index (χ4v) is 4.05. The van der Waals surface area contributed by atoms with Crippen molar-refractivity contribution in [3.63, 3.8) is 0 Å². The molecule has 0 aliphatic carbocycles. The van der Waals surface area contributed by atoms with Crippen molar-refractivity contribution in [1.29, 1.82) is 0 Å². The van der Waals surface area contributed by atoms with E-state index in [1.807, 2.05) is 0 Å². The zero-order valence-corrected chi connectivity index (χ0v) is 18.3. The summed E-state index contributed by atoms with van der Waals surface area (Å²) in [4.78, 5) is 16.9. The van der Waals surface area contributed by atoms with Gasteiger partial charge >= 0.3 is 6.18 Å². The predicted octanol–water partition coefficient (Wildman–Crippen LogP) is 4.74. The van der Waals surface area contributed by atoms with Crippen LogP contribution in [0.1, 0.15) is 43.0 Å². The Hall–Kier alpha value is -2.86. The smallest absolute Gasteiger partial charge is 0.417 e. The van der Waals surface area contributed by atoms with Crippen LogP contribution in [0.4, 0.5) is 32.0 Å². The third-order valence-corrected chi connectivity index (χ3v) is 6.14. The van der Waals surface area contributed by atoms with Crippen LogP contribution in [0.3, 0.4) is 0 Å². The fraction of sp³-hybridized carbons (Fsp3) is 0.455. The standard InChI is InChI=1S/C22H22F6N2O4/c1-10-15(13-6-7-14(19(24)25)16(23)17(13)33-3)18(34-21(10,2)22(26,27)28)20(32)30-11-4-5-12(9-31)29-8-11/h4-8,10,15,18-19,31H,9H2,1-3H3,(H,30,32)/t10-,15-,18+,21+/m1/s1. The number of carbonyl (C=O) groups is 1. The Morgan fingerprint density at radius 1 is 1.29 bits per heavy atom. The van der Waals surface area contributed by atoms with Gasteiger partial charge in [0, 0.05) is 17.4 Å². The van der Waals surface area contributed by atoms with E-state index in [4.69, 9.17) is 14.6 Å². The van der Waals surface area contributed by atoms with Gasteiger partial charge in [-0.2, -0.15) is 13.2 Å². The summed E-state index contributed by atoms with van der Waals surface area (Å²) in [6.45, 7) is 1.59. The zero-order valence-electron chi connectivity index (χ0n) is 18.3. The van der Waals surface area contributed by atoms with E-state index in [0.717, 1.165) is 26.2 Å². The van der Waals surface area contributed by atoms with E-state index in [0.29, 0.717) is 5.69 Å². The SMILES string of the molecule is COc1c([C@@H]2[C@@H](C(=O)Nc3ccc(CO)nc3)O[C@](C)(C(F)(F)F)[C@@H]2C)ccc(C(F)F)c1F. The molecule has 186 valence electrons. The molecule has 2 aromatic rings. The molecule has 0 saturated carbocycles. The molecule has 34 heavy (non-hydrogen) atoms. The lowest BCUT2D eigenvalue weighted by molar-refractivity contribution is -0.272. The Morgan fingerprint density at radius 2 is 1.97 bits per heavy atom. The summed E-state index contributed by atoms with van der Waals surface area (Å²) in [6.07, 6.45) is -8.67. The highest BCUT2D eigenvalue weighted by Gasteiger charge is 2.65. The van der Waals surface area contributed by atoms with E-state index in [1.165, 1.54) is 25.3 Å². The number of aromatic nitrogens is 1. The van der Waals surface area contributed by atoms with Gasteiger partial charge in [0.2, 0.25) is 0 Å². The molecule has 1 saturated heterocycles. The third kappa shape index (κ3) is 4.43. The molecule has 0 unspecified atom stereocenters. The molecule has 1 aromatic heterocycles. The molecule has 2 N–H and O–H groups in total. The molecule has 4 atom stereocenters. The number of hydrogen-bond acceptors (Lipinski definition) is 5. The van der Waals surface area contributed by atoms with Crippen LogP contribution in [0.25, 0.3) is 0 Å². The van der Waals surface area contributed by atoms with Crippen LogP contribution in [0.5, 0.6) is 5.75 Å². The van der Waals surface area contributed by atoms with Gasteiger partial charge < -0.3 is 19.9 Å². The van der Waals surface area contributed by atoms with Crippen LogP contribution < -0.4 is 10.1 Å². The van der Waals surface area contributed by atoms with Gasteiger partial charge in [0.1, 0.15) is 6.10 Å². The Balaban J connectivity index is 2.08. The minimum absolute atomic E-state index is 0.115. The van der Waals surface area contributed by atoms with Gasteiger partial charge in [-0.15, -0.1) is 0 Å². The number of halogens is 6. The first-order valence-electron chi connectivity index (χ1n) is 10.1. The number of aliphatic hydroxyl groups excluding tert-OH is 1. The fourth-order valence-electron chi connectivity index (χ4n) is 4.05. The number of amides is 1. The van der Waals surface area contributed by atoms with Crippen LogP contribution in [0.15, 0.2) is 30.5 Å². The second-order valence-electron chi connectivity index (χ2n) is 8.04. The van der Waals surface area contributed by atoms with Crippen LogP contribution in [-0.2, 0) is 16.1 Å². The number of hydrogen-bond donors (Lipinski definition) is 2. The summed E-state index contributed by atoms with van der Waals surface area (Å²) >= 11 is 0. The van der Waals surface area contributed by atoms with E-state index < -0.39 is 59.2 Å². The lowest BCUT2D eigenvalue weighted by Crippen LogP contribution is -2.47. The highest BCUT2D eigenvalue weighted by atomic mass is 19.4.